The van der Waals surface area contributed by atoms with E-state index >= 15 is 0 Å². The highest BCUT2D eigenvalue weighted by Gasteiger charge is 2.27. The molecule has 0 saturated heterocycles. The predicted octanol–water partition coefficient (Wildman–Crippen LogP) is 2.74. The van der Waals surface area contributed by atoms with Crippen LogP contribution in [0.5, 0.6) is 0 Å². The fourth-order valence-corrected chi connectivity index (χ4v) is 2.19. The van der Waals surface area contributed by atoms with Gasteiger partial charge in [0.05, 0.1) is 11.8 Å². The van der Waals surface area contributed by atoms with Gasteiger partial charge in [0.25, 0.3) is 0 Å². The van der Waals surface area contributed by atoms with Crippen LogP contribution >= 0.6 is 0 Å². The van der Waals surface area contributed by atoms with Crippen molar-refractivity contribution in [1.82, 2.24) is 9.78 Å². The van der Waals surface area contributed by atoms with Crippen molar-refractivity contribution in [2.24, 2.45) is 0 Å². The summed E-state index contributed by atoms with van der Waals surface area (Å²) in [7, 11) is 0. The Hall–Kier alpha value is -1.61. The van der Waals surface area contributed by atoms with Crippen LogP contribution in [0.4, 0.5) is 0 Å². The first-order valence-corrected chi connectivity index (χ1v) is 6.47. The number of hydrogen-bond acceptors (Lipinski definition) is 2. The van der Waals surface area contributed by atoms with Crippen molar-refractivity contribution in [3.8, 4) is 0 Å². The third-order valence-corrected chi connectivity index (χ3v) is 3.40. The van der Waals surface area contributed by atoms with E-state index in [0.29, 0.717) is 12.8 Å². The van der Waals surface area contributed by atoms with Crippen molar-refractivity contribution in [1.29, 1.82) is 0 Å². The molecule has 0 aliphatic heterocycles. The Morgan fingerprint density at radius 3 is 2.50 bits per heavy atom. The van der Waals surface area contributed by atoms with Gasteiger partial charge in [-0.3, -0.25) is 4.68 Å². The maximum atomic E-state index is 10.8. The molecule has 2 aromatic rings. The Labute approximate surface area is 108 Å². The number of hydrogen-bond donors (Lipinski definition) is 1. The van der Waals surface area contributed by atoms with Crippen LogP contribution in [0.1, 0.15) is 31.4 Å². The summed E-state index contributed by atoms with van der Waals surface area (Å²) in [6.45, 7) is 4.92. The second-order valence-corrected chi connectivity index (χ2v) is 4.63. The molecule has 1 aromatic carbocycles. The summed E-state index contributed by atoms with van der Waals surface area (Å²) in [5.41, 5.74) is 1.24. The van der Waals surface area contributed by atoms with Gasteiger partial charge in [0.15, 0.2) is 0 Å². The Morgan fingerprint density at radius 1 is 1.22 bits per heavy atom. The van der Waals surface area contributed by atoms with Gasteiger partial charge in [0.2, 0.25) is 0 Å². The molecule has 0 radical (unpaired) electrons. The van der Waals surface area contributed by atoms with E-state index in [2.05, 4.69) is 12.0 Å². The second kappa shape index (κ2) is 5.36. The zero-order valence-electron chi connectivity index (χ0n) is 11.0. The summed E-state index contributed by atoms with van der Waals surface area (Å²) in [5, 5.41) is 15.0. The maximum absolute atomic E-state index is 10.8. The standard InChI is InChI=1S/C15H20N2O/c1-3-15(18,14-8-6-5-7-9-14)10-13-11-16-17(4-2)12-13/h5-9,11-12,18H,3-4,10H2,1-2H3. The third kappa shape index (κ3) is 2.62. The highest BCUT2D eigenvalue weighted by atomic mass is 16.3. The van der Waals surface area contributed by atoms with Crippen molar-refractivity contribution in [3.05, 3.63) is 53.9 Å². The molecule has 0 amide bonds. The number of aliphatic hydroxyl groups is 1. The van der Waals surface area contributed by atoms with Gasteiger partial charge < -0.3 is 5.11 Å². The summed E-state index contributed by atoms with van der Waals surface area (Å²) in [6, 6.07) is 9.85. The Bertz CT molecular complexity index is 492. The maximum Gasteiger partial charge on any atom is 0.0935 e. The van der Waals surface area contributed by atoms with E-state index in [1.165, 1.54) is 0 Å². The van der Waals surface area contributed by atoms with E-state index in [1.807, 2.05) is 54.3 Å². The van der Waals surface area contributed by atoms with Crippen LogP contribution in [-0.2, 0) is 18.6 Å². The first-order chi connectivity index (χ1) is 8.68. The second-order valence-electron chi connectivity index (χ2n) is 4.63. The minimum atomic E-state index is -0.803. The summed E-state index contributed by atoms with van der Waals surface area (Å²) in [6.07, 6.45) is 5.14. The molecule has 3 nitrogen and oxygen atoms in total. The number of nitrogens with zero attached hydrogens (tertiary/aromatic N) is 2. The van der Waals surface area contributed by atoms with Gasteiger partial charge in [0.1, 0.15) is 0 Å². The van der Waals surface area contributed by atoms with Gasteiger partial charge >= 0.3 is 0 Å². The Kier molecular flexibility index (Phi) is 3.82. The van der Waals surface area contributed by atoms with E-state index in [9.17, 15) is 5.11 Å². The van der Waals surface area contributed by atoms with Gasteiger partial charge in [0, 0.05) is 19.2 Å². The van der Waals surface area contributed by atoms with Crippen LogP contribution in [0, 0.1) is 0 Å². The molecule has 1 aromatic heterocycles. The lowest BCUT2D eigenvalue weighted by Crippen LogP contribution is -2.27. The number of aryl methyl sites for hydroxylation is 1. The predicted molar refractivity (Wildman–Crippen MR) is 72.2 cm³/mol. The molecule has 1 atom stereocenters. The molecule has 18 heavy (non-hydrogen) atoms. The Morgan fingerprint density at radius 2 is 1.94 bits per heavy atom. The zero-order valence-corrected chi connectivity index (χ0v) is 11.0. The molecular weight excluding hydrogens is 224 g/mol. The molecule has 0 bridgehead atoms. The lowest BCUT2D eigenvalue weighted by molar-refractivity contribution is 0.0327. The van der Waals surface area contributed by atoms with E-state index in [0.717, 1.165) is 17.7 Å². The van der Waals surface area contributed by atoms with E-state index in [1.54, 1.807) is 0 Å². The van der Waals surface area contributed by atoms with Crippen molar-refractivity contribution in [2.45, 2.75) is 38.8 Å². The minimum absolute atomic E-state index is 0.605. The molecule has 3 heteroatoms. The SMILES string of the molecule is CCn1cc(CC(O)(CC)c2ccccc2)cn1. The highest BCUT2D eigenvalue weighted by Crippen LogP contribution is 2.28. The fraction of sp³-hybridized carbons (Fsp3) is 0.400. The summed E-state index contributed by atoms with van der Waals surface area (Å²) >= 11 is 0. The molecule has 2 rings (SSSR count). The van der Waals surface area contributed by atoms with E-state index in [-0.39, 0.29) is 0 Å². The molecule has 1 heterocycles. The first-order valence-electron chi connectivity index (χ1n) is 6.47. The zero-order chi connectivity index (χ0) is 13.0. The van der Waals surface area contributed by atoms with Crippen LogP contribution < -0.4 is 0 Å². The number of rotatable bonds is 5. The van der Waals surface area contributed by atoms with Gasteiger partial charge in [-0.05, 0) is 24.5 Å². The number of benzene rings is 1. The third-order valence-electron chi connectivity index (χ3n) is 3.40. The fourth-order valence-electron chi connectivity index (χ4n) is 2.19. The largest absolute Gasteiger partial charge is 0.385 e. The topological polar surface area (TPSA) is 38.0 Å². The van der Waals surface area contributed by atoms with Crippen LogP contribution in [0.25, 0.3) is 0 Å². The molecule has 0 aliphatic carbocycles. The van der Waals surface area contributed by atoms with Gasteiger partial charge in [-0.2, -0.15) is 5.10 Å². The van der Waals surface area contributed by atoms with Gasteiger partial charge in [-0.15, -0.1) is 0 Å². The van der Waals surface area contributed by atoms with Crippen molar-refractivity contribution in [2.75, 3.05) is 0 Å². The minimum Gasteiger partial charge on any atom is -0.385 e. The average molecular weight is 244 g/mol. The lowest BCUT2D eigenvalue weighted by Gasteiger charge is -2.26. The smallest absolute Gasteiger partial charge is 0.0935 e. The summed E-state index contributed by atoms with van der Waals surface area (Å²) in [4.78, 5) is 0. The van der Waals surface area contributed by atoms with E-state index < -0.39 is 5.60 Å². The van der Waals surface area contributed by atoms with Crippen LogP contribution in [0.15, 0.2) is 42.7 Å². The van der Waals surface area contributed by atoms with E-state index in [4.69, 9.17) is 0 Å². The molecule has 0 aliphatic rings. The molecule has 0 saturated carbocycles. The summed E-state index contributed by atoms with van der Waals surface area (Å²) < 4.78 is 1.89. The Balaban J connectivity index is 2.23. The summed E-state index contributed by atoms with van der Waals surface area (Å²) in [5.74, 6) is 0. The first kappa shape index (κ1) is 12.8. The van der Waals surface area contributed by atoms with Gasteiger partial charge in [-0.1, -0.05) is 37.3 Å². The normalized spacial score (nSPS) is 14.4. The van der Waals surface area contributed by atoms with Crippen LogP contribution in [-0.4, -0.2) is 14.9 Å². The lowest BCUT2D eigenvalue weighted by atomic mass is 9.86. The molecular formula is C15H20N2O. The quantitative estimate of drug-likeness (QED) is 0.878. The molecule has 0 fully saturated rings. The average Bonchev–Trinajstić information content (AvgIpc) is 2.87. The highest BCUT2D eigenvalue weighted by molar-refractivity contribution is 5.25. The van der Waals surface area contributed by atoms with Crippen molar-refractivity contribution >= 4 is 0 Å². The number of aromatic nitrogens is 2. The van der Waals surface area contributed by atoms with Crippen LogP contribution in [0.3, 0.4) is 0 Å². The molecule has 0 spiro atoms. The molecule has 1 N–H and O–H groups in total. The van der Waals surface area contributed by atoms with Crippen molar-refractivity contribution < 1.29 is 5.11 Å². The monoisotopic (exact) mass is 244 g/mol. The van der Waals surface area contributed by atoms with Crippen LogP contribution in [0.2, 0.25) is 0 Å². The molecule has 96 valence electrons. The van der Waals surface area contributed by atoms with Crippen molar-refractivity contribution in [3.63, 3.8) is 0 Å². The van der Waals surface area contributed by atoms with Gasteiger partial charge in [-0.25, -0.2) is 0 Å². The molecule has 1 unspecified atom stereocenters.